The number of anilines is 2. The van der Waals surface area contributed by atoms with E-state index in [0.29, 0.717) is 45.4 Å². The van der Waals surface area contributed by atoms with Gasteiger partial charge in [-0.15, -0.1) is 11.3 Å². The van der Waals surface area contributed by atoms with E-state index in [1.54, 1.807) is 79.5 Å². The lowest BCUT2D eigenvalue weighted by molar-refractivity contribution is -0.144. The van der Waals surface area contributed by atoms with Crippen LogP contribution in [0.1, 0.15) is 57.0 Å². The molecular weight excluding hydrogens is 1060 g/mol. The molecule has 7 aromatic rings. The van der Waals surface area contributed by atoms with E-state index >= 15 is 0 Å². The number of pyridine rings is 1. The largest absolute Gasteiger partial charge is 0.484 e. The van der Waals surface area contributed by atoms with Gasteiger partial charge in [0, 0.05) is 55.6 Å². The maximum atomic E-state index is 14.1. The van der Waals surface area contributed by atoms with Crippen LogP contribution in [0.5, 0.6) is 5.75 Å². The molecule has 3 aromatic carbocycles. The van der Waals surface area contributed by atoms with Crippen LogP contribution in [-0.4, -0.2) is 123 Å². The molecule has 0 spiro atoms. The molecule has 8 rings (SSSR count). The third-order valence-corrected chi connectivity index (χ3v) is 15.0. The SMILES string of the molecule is Cc1ncsc1-c1ccc(CNC(=O)[C@@H]2C[C@H](O)CN2C(=O)C(NC(=O)COCCOCCn2cc(-c3cnc(N)c4c(-c5ccc(NS(=O)(=O)C(F)F)c(OC(C)c6ccc(F)cc6)c5)nn(C)c34)cn2)C(C)(C)C)cc1. The molecule has 20 nitrogen and oxygen atoms in total. The molecule has 1 aliphatic heterocycles. The molecule has 0 aliphatic carbocycles. The minimum Gasteiger partial charge on any atom is -0.484 e. The van der Waals surface area contributed by atoms with Gasteiger partial charge in [0.05, 0.1) is 71.3 Å². The number of likely N-dealkylation sites (tertiary alicyclic amines) is 1. The van der Waals surface area contributed by atoms with Gasteiger partial charge in [-0.1, -0.05) is 63.2 Å². The van der Waals surface area contributed by atoms with Crippen molar-refractivity contribution in [2.75, 3.05) is 43.4 Å². The summed E-state index contributed by atoms with van der Waals surface area (Å²) in [7, 11) is -3.39. The van der Waals surface area contributed by atoms with E-state index < -0.39 is 69.0 Å². The summed E-state index contributed by atoms with van der Waals surface area (Å²) in [6.45, 7) is 9.54. The number of thiazole rings is 1. The maximum absolute atomic E-state index is 14.1. The highest BCUT2D eigenvalue weighted by molar-refractivity contribution is 7.93. The van der Waals surface area contributed by atoms with Crippen molar-refractivity contribution in [3.05, 3.63) is 113 Å². The lowest BCUT2D eigenvalue weighted by atomic mass is 9.85. The molecule has 4 atom stereocenters. The topological polar surface area (TPSA) is 260 Å². The number of benzene rings is 3. The summed E-state index contributed by atoms with van der Waals surface area (Å²) in [5.41, 5.74) is 13.2. The van der Waals surface area contributed by atoms with Gasteiger partial charge in [-0.05, 0) is 60.2 Å². The van der Waals surface area contributed by atoms with Gasteiger partial charge < -0.3 is 40.6 Å². The predicted octanol–water partition coefficient (Wildman–Crippen LogP) is 6.60. The van der Waals surface area contributed by atoms with Crippen molar-refractivity contribution in [3.63, 3.8) is 0 Å². The number of amides is 3. The van der Waals surface area contributed by atoms with Crippen LogP contribution < -0.4 is 25.8 Å². The Morgan fingerprint density at radius 3 is 2.37 bits per heavy atom. The van der Waals surface area contributed by atoms with Crippen molar-refractivity contribution in [2.24, 2.45) is 12.5 Å². The lowest BCUT2D eigenvalue weighted by Crippen LogP contribution is -2.58. The Morgan fingerprint density at radius 1 is 0.962 bits per heavy atom. The van der Waals surface area contributed by atoms with Crippen LogP contribution in [0.3, 0.4) is 0 Å². The molecular formula is C53H60F3N11O9S2. The number of nitrogens with zero attached hydrogens (tertiary/aromatic N) is 7. The number of fused-ring (bicyclic) bond motifs is 1. The van der Waals surface area contributed by atoms with Crippen molar-refractivity contribution in [2.45, 2.75) is 84.2 Å². The Bertz CT molecular complexity index is 3390. The van der Waals surface area contributed by atoms with Gasteiger partial charge in [-0.25, -0.2) is 22.8 Å². The number of nitrogen functional groups attached to an aromatic ring is 1. The summed E-state index contributed by atoms with van der Waals surface area (Å²) in [6, 6.07) is 15.4. The number of hydrogen-bond acceptors (Lipinski definition) is 15. The summed E-state index contributed by atoms with van der Waals surface area (Å²) < 4.78 is 87.8. The van der Waals surface area contributed by atoms with Crippen LogP contribution in [0.2, 0.25) is 0 Å². The summed E-state index contributed by atoms with van der Waals surface area (Å²) in [4.78, 5) is 51.9. The molecule has 0 saturated carbocycles. The van der Waals surface area contributed by atoms with Crippen molar-refractivity contribution in [3.8, 4) is 38.6 Å². The second kappa shape index (κ2) is 24.1. The van der Waals surface area contributed by atoms with Crippen molar-refractivity contribution < 1.29 is 55.3 Å². The molecule has 1 saturated heterocycles. The molecule has 1 aliphatic rings. The Kier molecular flexibility index (Phi) is 17.5. The van der Waals surface area contributed by atoms with Gasteiger partial charge in [-0.2, -0.15) is 19.0 Å². The number of halogens is 3. The van der Waals surface area contributed by atoms with Crippen molar-refractivity contribution in [1.29, 1.82) is 0 Å². The fourth-order valence-electron chi connectivity index (χ4n) is 8.94. The number of carbonyl (C=O) groups excluding carboxylic acids is 3. The number of aliphatic hydroxyl groups excluding tert-OH is 1. The Labute approximate surface area is 452 Å². The Morgan fingerprint density at radius 2 is 1.68 bits per heavy atom. The molecule has 1 fully saturated rings. The number of carbonyl (C=O) groups is 3. The van der Waals surface area contributed by atoms with E-state index in [9.17, 15) is 41.1 Å². The number of hydrogen-bond donors (Lipinski definition) is 5. The van der Waals surface area contributed by atoms with Gasteiger partial charge in [0.15, 0.2) is 0 Å². The van der Waals surface area contributed by atoms with Crippen LogP contribution in [0.4, 0.5) is 24.7 Å². The van der Waals surface area contributed by atoms with Gasteiger partial charge in [-0.3, -0.25) is 28.5 Å². The monoisotopic (exact) mass is 1120 g/mol. The third-order valence-electron chi connectivity index (χ3n) is 13.0. The lowest BCUT2D eigenvalue weighted by Gasteiger charge is -2.35. The molecule has 0 radical (unpaired) electrons. The summed E-state index contributed by atoms with van der Waals surface area (Å²) in [6.07, 6.45) is 3.37. The van der Waals surface area contributed by atoms with Gasteiger partial charge in [0.1, 0.15) is 47.9 Å². The van der Waals surface area contributed by atoms with Gasteiger partial charge in [0.25, 0.3) is 10.0 Å². The van der Waals surface area contributed by atoms with E-state index in [0.717, 1.165) is 21.7 Å². The number of nitrogens with two attached hydrogens (primary N) is 1. The van der Waals surface area contributed by atoms with E-state index in [-0.39, 0.29) is 63.2 Å². The van der Waals surface area contributed by atoms with Crippen LogP contribution in [-0.2, 0) is 54.0 Å². The van der Waals surface area contributed by atoms with Crippen LogP contribution >= 0.6 is 11.3 Å². The second-order valence-corrected chi connectivity index (χ2v) is 22.3. The summed E-state index contributed by atoms with van der Waals surface area (Å²) in [5, 5.41) is 26.0. The first-order chi connectivity index (χ1) is 37.1. The molecule has 414 valence electrons. The number of rotatable bonds is 22. The smallest absolute Gasteiger partial charge is 0.355 e. The average Bonchev–Trinajstić information content (AvgIpc) is 4.37. The highest BCUT2D eigenvalue weighted by atomic mass is 32.2. The highest BCUT2D eigenvalue weighted by Crippen LogP contribution is 2.41. The van der Waals surface area contributed by atoms with Gasteiger partial charge in [0.2, 0.25) is 17.7 Å². The zero-order valence-electron chi connectivity index (χ0n) is 43.6. The first-order valence-electron chi connectivity index (χ1n) is 24.8. The first kappa shape index (κ1) is 56.7. The molecule has 5 heterocycles. The Balaban J connectivity index is 0.836. The number of aliphatic hydroxyl groups is 1. The van der Waals surface area contributed by atoms with E-state index in [1.807, 2.05) is 35.9 Å². The normalized spacial score (nSPS) is 15.7. The predicted molar refractivity (Wildman–Crippen MR) is 287 cm³/mol. The number of alkyl halides is 2. The van der Waals surface area contributed by atoms with E-state index in [4.69, 9.17) is 25.0 Å². The Hall–Kier alpha value is -7.45. The standard InChI is InChI=1S/C53H60F3N11O9S2/c1-30-47(77-29-60-30)34-9-7-32(8-10-34)23-59-50(70)41-22-38(68)27-67(41)51(71)48(53(3,4)5)62-43(69)28-75-20-19-74-18-17-66-26-36(24-61-66)39-25-58-49(57)44-45(63-65(6)46(39)44)35-13-16-40(64-78(72,73)52(55)56)42(21-35)76-31(2)33-11-14-37(54)15-12-33/h7-16,21,24-26,29,31,38,41,48,52,64,68H,17-20,22-23,27-28H2,1-6H3,(H2,57,58)(H,59,70)(H,62,69)/t31?,38-,41-,48?/m0/s1. The summed E-state index contributed by atoms with van der Waals surface area (Å²) >= 11 is 1.55. The zero-order chi connectivity index (χ0) is 56.1. The quantitative estimate of drug-likeness (QED) is 0.0449. The molecule has 3 amide bonds. The van der Waals surface area contributed by atoms with Crippen LogP contribution in [0, 0.1) is 18.2 Å². The van der Waals surface area contributed by atoms with Gasteiger partial charge >= 0.3 is 5.76 Å². The number of aromatic nitrogens is 6. The van der Waals surface area contributed by atoms with E-state index in [2.05, 4.69) is 25.7 Å². The number of nitrogens with one attached hydrogen (secondary N) is 3. The number of sulfonamides is 1. The molecule has 4 aromatic heterocycles. The fourth-order valence-corrected chi connectivity index (χ4v) is 10.3. The van der Waals surface area contributed by atoms with Crippen molar-refractivity contribution in [1.82, 2.24) is 45.1 Å². The molecule has 0 bridgehead atoms. The number of ether oxygens (including phenoxy) is 3. The highest BCUT2D eigenvalue weighted by Gasteiger charge is 2.44. The number of β-amino-alcohol motifs (C(OH)–C–C–N with tert-alkyl or cyclic N) is 1. The van der Waals surface area contributed by atoms with Crippen LogP contribution in [0.25, 0.3) is 43.7 Å². The summed E-state index contributed by atoms with van der Waals surface area (Å²) in [5.74, 6) is -5.62. The number of aryl methyl sites for hydroxylation is 2. The second-order valence-electron chi connectivity index (χ2n) is 19.8. The minimum atomic E-state index is -5.09. The molecule has 25 heteroatoms. The fraction of sp³-hybridized carbons (Fsp3) is 0.377. The zero-order valence-corrected chi connectivity index (χ0v) is 45.2. The first-order valence-corrected chi connectivity index (χ1v) is 27.2. The minimum absolute atomic E-state index is 0.0565. The average molecular weight is 1120 g/mol. The maximum Gasteiger partial charge on any atom is 0.355 e. The molecule has 78 heavy (non-hydrogen) atoms. The van der Waals surface area contributed by atoms with Crippen LogP contribution in [0.15, 0.2) is 90.8 Å². The third kappa shape index (κ3) is 13.3. The van der Waals surface area contributed by atoms with Crippen molar-refractivity contribution >= 4 is 61.5 Å². The molecule has 6 N–H and O–H groups in total. The molecule has 2 unspecified atom stereocenters. The van der Waals surface area contributed by atoms with E-state index in [1.165, 1.54) is 47.4 Å².